The molecule has 1 aliphatic carbocycles. The second-order valence-electron chi connectivity index (χ2n) is 4.87. The zero-order valence-corrected chi connectivity index (χ0v) is 10.1. The van der Waals surface area contributed by atoms with Crippen molar-refractivity contribution >= 4 is 17.7 Å². The van der Waals surface area contributed by atoms with Crippen molar-refractivity contribution in [3.05, 3.63) is 17.5 Å². The first kappa shape index (κ1) is 11.9. The van der Waals surface area contributed by atoms with Crippen molar-refractivity contribution in [3.8, 4) is 0 Å². The minimum absolute atomic E-state index is 0.173. The highest BCUT2D eigenvalue weighted by molar-refractivity contribution is 6.03. The van der Waals surface area contributed by atoms with Gasteiger partial charge in [-0.15, -0.1) is 0 Å². The van der Waals surface area contributed by atoms with Crippen LogP contribution >= 0.6 is 0 Å². The molecule has 7 nitrogen and oxygen atoms in total. The SMILES string of the molecule is O=C1CCC(NC(=O)c2cc(C3CC3)on2)C(=O)N1. The molecule has 1 saturated heterocycles. The van der Waals surface area contributed by atoms with Crippen molar-refractivity contribution in [2.45, 2.75) is 37.6 Å². The second-order valence-corrected chi connectivity index (χ2v) is 4.87. The van der Waals surface area contributed by atoms with Gasteiger partial charge in [-0.3, -0.25) is 19.7 Å². The molecule has 2 aliphatic rings. The third-order valence-corrected chi connectivity index (χ3v) is 3.29. The number of piperidine rings is 1. The van der Waals surface area contributed by atoms with Gasteiger partial charge >= 0.3 is 0 Å². The third kappa shape index (κ3) is 2.49. The van der Waals surface area contributed by atoms with Crippen LogP contribution in [0.5, 0.6) is 0 Å². The molecule has 0 aromatic carbocycles. The molecule has 19 heavy (non-hydrogen) atoms. The van der Waals surface area contributed by atoms with Gasteiger partial charge < -0.3 is 9.84 Å². The summed E-state index contributed by atoms with van der Waals surface area (Å²) in [6.45, 7) is 0. The molecule has 2 N–H and O–H groups in total. The molecule has 1 aromatic rings. The van der Waals surface area contributed by atoms with Crippen molar-refractivity contribution in [2.75, 3.05) is 0 Å². The van der Waals surface area contributed by atoms with Crippen LogP contribution in [0.15, 0.2) is 10.6 Å². The fourth-order valence-corrected chi connectivity index (χ4v) is 2.02. The fraction of sp³-hybridized carbons (Fsp3) is 0.500. The van der Waals surface area contributed by atoms with E-state index in [0.29, 0.717) is 18.1 Å². The van der Waals surface area contributed by atoms with Crippen molar-refractivity contribution in [1.29, 1.82) is 0 Å². The van der Waals surface area contributed by atoms with Crippen molar-refractivity contribution in [2.24, 2.45) is 0 Å². The van der Waals surface area contributed by atoms with E-state index in [1.165, 1.54) is 0 Å². The molecule has 1 atom stereocenters. The molecular formula is C12H13N3O4. The van der Waals surface area contributed by atoms with Crippen LogP contribution < -0.4 is 10.6 Å². The van der Waals surface area contributed by atoms with Gasteiger partial charge in [0.15, 0.2) is 5.69 Å². The number of nitrogens with zero attached hydrogens (tertiary/aromatic N) is 1. The Morgan fingerprint density at radius 1 is 1.37 bits per heavy atom. The lowest BCUT2D eigenvalue weighted by molar-refractivity contribution is -0.134. The average Bonchev–Trinajstić information content (AvgIpc) is 3.10. The van der Waals surface area contributed by atoms with Crippen LogP contribution in [-0.2, 0) is 9.59 Å². The number of aromatic nitrogens is 1. The first-order valence-electron chi connectivity index (χ1n) is 6.24. The van der Waals surface area contributed by atoms with E-state index in [-0.39, 0.29) is 18.0 Å². The van der Waals surface area contributed by atoms with Gasteiger partial charge in [0.05, 0.1) is 0 Å². The number of imide groups is 1. The van der Waals surface area contributed by atoms with Crippen LogP contribution in [0.3, 0.4) is 0 Å². The molecule has 0 radical (unpaired) electrons. The fourth-order valence-electron chi connectivity index (χ4n) is 2.02. The predicted molar refractivity (Wildman–Crippen MR) is 62.1 cm³/mol. The molecule has 0 bridgehead atoms. The molecule has 100 valence electrons. The average molecular weight is 263 g/mol. The topological polar surface area (TPSA) is 101 Å². The van der Waals surface area contributed by atoms with E-state index in [2.05, 4.69) is 15.8 Å². The lowest BCUT2D eigenvalue weighted by atomic mass is 10.1. The first-order chi connectivity index (χ1) is 9.13. The third-order valence-electron chi connectivity index (χ3n) is 3.29. The Labute approximate surface area is 108 Å². The highest BCUT2D eigenvalue weighted by Gasteiger charge is 2.31. The second kappa shape index (κ2) is 4.49. The molecule has 2 heterocycles. The summed E-state index contributed by atoms with van der Waals surface area (Å²) < 4.78 is 5.08. The lowest BCUT2D eigenvalue weighted by Gasteiger charge is -2.21. The Morgan fingerprint density at radius 2 is 2.16 bits per heavy atom. The van der Waals surface area contributed by atoms with E-state index < -0.39 is 17.9 Å². The van der Waals surface area contributed by atoms with Gasteiger partial charge in [0.25, 0.3) is 5.91 Å². The van der Waals surface area contributed by atoms with Gasteiger partial charge in [0.1, 0.15) is 11.8 Å². The van der Waals surface area contributed by atoms with Gasteiger partial charge in [-0.1, -0.05) is 5.16 Å². The molecule has 1 saturated carbocycles. The van der Waals surface area contributed by atoms with E-state index in [1.54, 1.807) is 6.07 Å². The standard InChI is InChI=1S/C12H13N3O4/c16-10-4-3-7(11(17)14-10)13-12(18)8-5-9(19-15-8)6-1-2-6/h5-7H,1-4H2,(H,13,18)(H,14,16,17). The summed E-state index contributed by atoms with van der Waals surface area (Å²) in [5, 5.41) is 8.43. The van der Waals surface area contributed by atoms with Crippen LogP contribution in [0, 0.1) is 0 Å². The van der Waals surface area contributed by atoms with Crippen molar-refractivity contribution in [1.82, 2.24) is 15.8 Å². The van der Waals surface area contributed by atoms with Crippen LogP contribution in [0.25, 0.3) is 0 Å². The quantitative estimate of drug-likeness (QED) is 0.752. The highest BCUT2D eigenvalue weighted by Crippen LogP contribution is 2.40. The molecule has 1 aromatic heterocycles. The van der Waals surface area contributed by atoms with E-state index in [1.807, 2.05) is 0 Å². The first-order valence-corrected chi connectivity index (χ1v) is 6.24. The Morgan fingerprint density at radius 3 is 2.84 bits per heavy atom. The van der Waals surface area contributed by atoms with Gasteiger partial charge in [-0.05, 0) is 19.3 Å². The van der Waals surface area contributed by atoms with E-state index >= 15 is 0 Å². The predicted octanol–water partition coefficient (Wildman–Crippen LogP) is 0.0870. The smallest absolute Gasteiger partial charge is 0.274 e. The maximum atomic E-state index is 11.9. The number of hydrogen-bond donors (Lipinski definition) is 2. The number of carbonyl (C=O) groups is 3. The Bertz CT molecular complexity index is 547. The summed E-state index contributed by atoms with van der Waals surface area (Å²) in [5.74, 6) is -0.147. The van der Waals surface area contributed by atoms with E-state index in [4.69, 9.17) is 4.52 Å². The Kier molecular flexibility index (Phi) is 2.81. The molecule has 7 heteroatoms. The monoisotopic (exact) mass is 263 g/mol. The lowest BCUT2D eigenvalue weighted by Crippen LogP contribution is -2.52. The van der Waals surface area contributed by atoms with Crippen molar-refractivity contribution in [3.63, 3.8) is 0 Å². The molecule has 2 fully saturated rings. The number of hydrogen-bond acceptors (Lipinski definition) is 5. The highest BCUT2D eigenvalue weighted by atomic mass is 16.5. The Hall–Kier alpha value is -2.18. The number of carbonyl (C=O) groups excluding carboxylic acids is 3. The molecule has 3 amide bonds. The summed E-state index contributed by atoms with van der Waals surface area (Å²) in [6.07, 6.45) is 2.65. The van der Waals surface area contributed by atoms with Crippen LogP contribution in [0.1, 0.15) is 47.8 Å². The van der Waals surface area contributed by atoms with Crippen molar-refractivity contribution < 1.29 is 18.9 Å². The van der Waals surface area contributed by atoms with Crippen LogP contribution in [-0.4, -0.2) is 28.9 Å². The minimum Gasteiger partial charge on any atom is -0.360 e. The van der Waals surface area contributed by atoms with Crippen LogP contribution in [0.2, 0.25) is 0 Å². The van der Waals surface area contributed by atoms with Gasteiger partial charge in [0, 0.05) is 18.4 Å². The number of amides is 3. The van der Waals surface area contributed by atoms with E-state index in [9.17, 15) is 14.4 Å². The minimum atomic E-state index is -0.689. The molecular weight excluding hydrogens is 250 g/mol. The summed E-state index contributed by atoms with van der Waals surface area (Å²) in [4.78, 5) is 34.4. The molecule has 1 aliphatic heterocycles. The van der Waals surface area contributed by atoms with Gasteiger partial charge in [-0.2, -0.15) is 0 Å². The molecule has 0 spiro atoms. The van der Waals surface area contributed by atoms with E-state index in [0.717, 1.165) is 12.8 Å². The molecule has 3 rings (SSSR count). The van der Waals surface area contributed by atoms with Gasteiger partial charge in [-0.25, -0.2) is 0 Å². The summed E-state index contributed by atoms with van der Waals surface area (Å²) in [5.41, 5.74) is 0.173. The zero-order valence-electron chi connectivity index (χ0n) is 10.1. The van der Waals surface area contributed by atoms with Gasteiger partial charge in [0.2, 0.25) is 11.8 Å². The summed E-state index contributed by atoms with van der Waals surface area (Å²) in [7, 11) is 0. The largest absolute Gasteiger partial charge is 0.360 e. The van der Waals surface area contributed by atoms with Crippen LogP contribution in [0.4, 0.5) is 0 Å². The maximum absolute atomic E-state index is 11.9. The summed E-state index contributed by atoms with van der Waals surface area (Å²) >= 11 is 0. The normalized spacial score (nSPS) is 23.1. The zero-order chi connectivity index (χ0) is 13.4. The summed E-state index contributed by atoms with van der Waals surface area (Å²) in [6, 6.07) is 0.921. The Balaban J connectivity index is 1.63. The number of nitrogens with one attached hydrogen (secondary N) is 2. The molecule has 1 unspecified atom stereocenters. The maximum Gasteiger partial charge on any atom is 0.274 e. The number of rotatable bonds is 3.